The maximum Gasteiger partial charge on any atom is 0.0431 e. The van der Waals surface area contributed by atoms with Crippen LogP contribution in [0.1, 0.15) is 58.8 Å². The van der Waals surface area contributed by atoms with E-state index in [1.807, 2.05) is 0 Å². The zero-order chi connectivity index (χ0) is 13.4. The zero-order valence-corrected chi connectivity index (χ0v) is 12.3. The van der Waals surface area contributed by atoms with E-state index in [2.05, 4.69) is 18.7 Å². The SMILES string of the molecule is CCCN(CCCCO)C1(CN)CCC(C)CC1. The van der Waals surface area contributed by atoms with Crippen LogP contribution in [0.15, 0.2) is 0 Å². The van der Waals surface area contributed by atoms with Crippen molar-refractivity contribution in [1.82, 2.24) is 4.90 Å². The highest BCUT2D eigenvalue weighted by Crippen LogP contribution is 2.36. The molecule has 0 spiro atoms. The molecule has 108 valence electrons. The van der Waals surface area contributed by atoms with E-state index < -0.39 is 0 Å². The average Bonchev–Trinajstić information content (AvgIpc) is 2.39. The van der Waals surface area contributed by atoms with Crippen LogP contribution in [0.3, 0.4) is 0 Å². The monoisotopic (exact) mass is 256 g/mol. The van der Waals surface area contributed by atoms with Gasteiger partial charge in [-0.1, -0.05) is 13.8 Å². The number of nitrogens with zero attached hydrogens (tertiary/aromatic N) is 1. The molecular formula is C15H32N2O. The summed E-state index contributed by atoms with van der Waals surface area (Å²) in [6.45, 7) is 7.95. The van der Waals surface area contributed by atoms with Gasteiger partial charge in [0.25, 0.3) is 0 Å². The molecule has 1 saturated carbocycles. The molecule has 0 saturated heterocycles. The number of unbranched alkanes of at least 4 members (excludes halogenated alkanes) is 1. The fraction of sp³-hybridized carbons (Fsp3) is 1.00. The molecule has 0 heterocycles. The summed E-state index contributed by atoms with van der Waals surface area (Å²) in [7, 11) is 0. The Morgan fingerprint density at radius 3 is 2.39 bits per heavy atom. The van der Waals surface area contributed by atoms with Crippen molar-refractivity contribution in [2.75, 3.05) is 26.2 Å². The summed E-state index contributed by atoms with van der Waals surface area (Å²) < 4.78 is 0. The molecule has 0 radical (unpaired) electrons. The van der Waals surface area contributed by atoms with Gasteiger partial charge in [0.15, 0.2) is 0 Å². The summed E-state index contributed by atoms with van der Waals surface area (Å²) in [5.74, 6) is 0.866. The van der Waals surface area contributed by atoms with E-state index in [0.717, 1.165) is 38.4 Å². The maximum absolute atomic E-state index is 8.93. The summed E-state index contributed by atoms with van der Waals surface area (Å²) >= 11 is 0. The van der Waals surface area contributed by atoms with Crippen molar-refractivity contribution < 1.29 is 5.11 Å². The lowest BCUT2D eigenvalue weighted by Crippen LogP contribution is -2.56. The Morgan fingerprint density at radius 1 is 1.22 bits per heavy atom. The third-order valence-corrected chi connectivity index (χ3v) is 4.59. The van der Waals surface area contributed by atoms with E-state index in [1.165, 1.54) is 32.1 Å². The third-order valence-electron chi connectivity index (χ3n) is 4.59. The van der Waals surface area contributed by atoms with Crippen LogP contribution in [0.2, 0.25) is 0 Å². The van der Waals surface area contributed by atoms with Gasteiger partial charge in [0.2, 0.25) is 0 Å². The van der Waals surface area contributed by atoms with Gasteiger partial charge in [0.1, 0.15) is 0 Å². The lowest BCUT2D eigenvalue weighted by atomic mass is 9.75. The Kier molecular flexibility index (Phi) is 7.20. The van der Waals surface area contributed by atoms with Crippen LogP contribution in [0.25, 0.3) is 0 Å². The summed E-state index contributed by atoms with van der Waals surface area (Å²) in [6.07, 6.45) is 8.34. The molecule has 1 rings (SSSR count). The van der Waals surface area contributed by atoms with Crippen molar-refractivity contribution in [3.63, 3.8) is 0 Å². The molecule has 1 aliphatic carbocycles. The van der Waals surface area contributed by atoms with E-state index in [9.17, 15) is 0 Å². The minimum Gasteiger partial charge on any atom is -0.396 e. The molecule has 0 aromatic rings. The highest BCUT2D eigenvalue weighted by atomic mass is 16.2. The fourth-order valence-electron chi connectivity index (χ4n) is 3.22. The largest absolute Gasteiger partial charge is 0.396 e. The molecular weight excluding hydrogens is 224 g/mol. The Bertz CT molecular complexity index is 213. The van der Waals surface area contributed by atoms with E-state index >= 15 is 0 Å². The van der Waals surface area contributed by atoms with Crippen LogP contribution in [0.5, 0.6) is 0 Å². The van der Waals surface area contributed by atoms with Crippen LogP contribution in [0.4, 0.5) is 0 Å². The number of hydrogen-bond acceptors (Lipinski definition) is 3. The minimum atomic E-state index is 0.248. The first kappa shape index (κ1) is 15.9. The molecule has 1 aliphatic rings. The Hall–Kier alpha value is -0.120. The highest BCUT2D eigenvalue weighted by molar-refractivity contribution is 4.95. The van der Waals surface area contributed by atoms with Gasteiger partial charge in [-0.05, 0) is 64.0 Å². The summed E-state index contributed by atoms with van der Waals surface area (Å²) in [4.78, 5) is 2.62. The van der Waals surface area contributed by atoms with Crippen LogP contribution in [0, 0.1) is 5.92 Å². The second-order valence-electron chi connectivity index (χ2n) is 6.03. The average molecular weight is 256 g/mol. The minimum absolute atomic E-state index is 0.248. The van der Waals surface area contributed by atoms with E-state index in [0.29, 0.717) is 6.61 Å². The lowest BCUT2D eigenvalue weighted by Gasteiger charge is -2.47. The third kappa shape index (κ3) is 4.22. The van der Waals surface area contributed by atoms with Gasteiger partial charge >= 0.3 is 0 Å². The lowest BCUT2D eigenvalue weighted by molar-refractivity contribution is 0.0420. The second-order valence-corrected chi connectivity index (χ2v) is 6.03. The van der Waals surface area contributed by atoms with Gasteiger partial charge in [-0.2, -0.15) is 0 Å². The molecule has 3 N–H and O–H groups in total. The van der Waals surface area contributed by atoms with Crippen LogP contribution in [-0.2, 0) is 0 Å². The molecule has 0 unspecified atom stereocenters. The Morgan fingerprint density at radius 2 is 1.89 bits per heavy atom. The van der Waals surface area contributed by atoms with E-state index in [-0.39, 0.29) is 5.54 Å². The first-order valence-electron chi connectivity index (χ1n) is 7.74. The highest BCUT2D eigenvalue weighted by Gasteiger charge is 2.37. The Labute approximate surface area is 113 Å². The number of nitrogens with two attached hydrogens (primary N) is 1. The van der Waals surface area contributed by atoms with E-state index in [4.69, 9.17) is 10.8 Å². The van der Waals surface area contributed by atoms with Crippen LogP contribution in [-0.4, -0.2) is 41.8 Å². The van der Waals surface area contributed by atoms with Crippen molar-refractivity contribution in [1.29, 1.82) is 0 Å². The maximum atomic E-state index is 8.93. The molecule has 3 heteroatoms. The van der Waals surface area contributed by atoms with Gasteiger partial charge in [-0.15, -0.1) is 0 Å². The Balaban J connectivity index is 2.60. The van der Waals surface area contributed by atoms with Crippen LogP contribution < -0.4 is 5.73 Å². The number of rotatable bonds is 8. The van der Waals surface area contributed by atoms with Crippen molar-refractivity contribution >= 4 is 0 Å². The number of aliphatic hydroxyl groups excluding tert-OH is 1. The molecule has 0 aromatic heterocycles. The normalized spacial score (nSPS) is 28.8. The van der Waals surface area contributed by atoms with Crippen LogP contribution >= 0.6 is 0 Å². The molecule has 0 amide bonds. The van der Waals surface area contributed by atoms with Crippen molar-refractivity contribution in [2.45, 2.75) is 64.3 Å². The predicted octanol–water partition coefficient (Wildman–Crippen LogP) is 2.38. The zero-order valence-electron chi connectivity index (χ0n) is 12.3. The first-order valence-corrected chi connectivity index (χ1v) is 7.74. The summed E-state index contributed by atoms with van der Waals surface area (Å²) in [5.41, 5.74) is 6.38. The molecule has 0 bridgehead atoms. The van der Waals surface area contributed by atoms with E-state index in [1.54, 1.807) is 0 Å². The smallest absolute Gasteiger partial charge is 0.0431 e. The standard InChI is InChI=1S/C15H32N2O/c1-3-10-17(11-4-5-12-18)15(13-16)8-6-14(2)7-9-15/h14,18H,3-13,16H2,1-2H3. The summed E-state index contributed by atoms with van der Waals surface area (Å²) in [6, 6.07) is 0. The molecule has 3 nitrogen and oxygen atoms in total. The number of hydrogen-bond donors (Lipinski definition) is 2. The first-order chi connectivity index (χ1) is 8.68. The predicted molar refractivity (Wildman–Crippen MR) is 77.6 cm³/mol. The van der Waals surface area contributed by atoms with Gasteiger partial charge in [0.05, 0.1) is 0 Å². The van der Waals surface area contributed by atoms with Gasteiger partial charge in [-0.25, -0.2) is 0 Å². The topological polar surface area (TPSA) is 49.5 Å². The number of aliphatic hydroxyl groups is 1. The summed E-state index contributed by atoms with van der Waals surface area (Å²) in [5, 5.41) is 8.93. The molecule has 0 aliphatic heterocycles. The molecule has 18 heavy (non-hydrogen) atoms. The molecule has 1 fully saturated rings. The quantitative estimate of drug-likeness (QED) is 0.656. The molecule has 0 aromatic carbocycles. The second kappa shape index (κ2) is 8.13. The molecule has 0 atom stereocenters. The van der Waals surface area contributed by atoms with Gasteiger partial charge < -0.3 is 10.8 Å². The van der Waals surface area contributed by atoms with Crippen molar-refractivity contribution in [2.24, 2.45) is 11.7 Å². The fourth-order valence-corrected chi connectivity index (χ4v) is 3.22. The van der Waals surface area contributed by atoms with Gasteiger partial charge in [-0.3, -0.25) is 4.90 Å². The van der Waals surface area contributed by atoms with Crippen molar-refractivity contribution in [3.05, 3.63) is 0 Å². The van der Waals surface area contributed by atoms with Crippen molar-refractivity contribution in [3.8, 4) is 0 Å². The van der Waals surface area contributed by atoms with Gasteiger partial charge in [0, 0.05) is 18.7 Å².